The number of hydrogen-bond acceptors (Lipinski definition) is 0. The molecular formula is C39H56. The first-order valence-corrected chi connectivity index (χ1v) is 16.5. The highest BCUT2D eigenvalue weighted by atomic mass is 14.5. The molecule has 0 radical (unpaired) electrons. The Labute approximate surface area is 241 Å². The Morgan fingerprint density at radius 2 is 1.26 bits per heavy atom. The van der Waals surface area contributed by atoms with Gasteiger partial charge in [0.1, 0.15) is 0 Å². The summed E-state index contributed by atoms with van der Waals surface area (Å²) >= 11 is 0. The van der Waals surface area contributed by atoms with E-state index in [1.165, 1.54) is 131 Å². The predicted molar refractivity (Wildman–Crippen MR) is 174 cm³/mol. The maximum atomic E-state index is 4.83. The average molecular weight is 525 g/mol. The Morgan fingerprint density at radius 1 is 0.718 bits per heavy atom. The van der Waals surface area contributed by atoms with Crippen molar-refractivity contribution in [2.45, 2.75) is 148 Å². The molecule has 0 unspecified atom stereocenters. The van der Waals surface area contributed by atoms with Gasteiger partial charge in [-0.15, -0.1) is 0 Å². The molecular weight excluding hydrogens is 468 g/mol. The monoisotopic (exact) mass is 524 g/mol. The van der Waals surface area contributed by atoms with E-state index in [1.807, 2.05) is 0 Å². The lowest BCUT2D eigenvalue weighted by atomic mass is 9.70. The van der Waals surface area contributed by atoms with Crippen molar-refractivity contribution < 1.29 is 0 Å². The molecule has 0 saturated heterocycles. The first-order valence-electron chi connectivity index (χ1n) is 16.5. The van der Waals surface area contributed by atoms with Crippen molar-refractivity contribution in [3.8, 4) is 11.1 Å². The fraction of sp³-hybridized carbons (Fsp3) is 0.590. The first kappa shape index (κ1) is 29.9. The second-order valence-electron chi connectivity index (χ2n) is 13.3. The Hall–Kier alpha value is -2.08. The van der Waals surface area contributed by atoms with Gasteiger partial charge in [-0.1, -0.05) is 148 Å². The van der Waals surface area contributed by atoms with Gasteiger partial charge in [-0.25, -0.2) is 0 Å². The number of unbranched alkanes of at least 4 members (excludes halogenated alkanes) is 10. The van der Waals surface area contributed by atoms with Crippen molar-refractivity contribution in [1.29, 1.82) is 0 Å². The van der Waals surface area contributed by atoms with Crippen LogP contribution in [0.1, 0.15) is 153 Å². The zero-order valence-electron chi connectivity index (χ0n) is 26.1. The van der Waals surface area contributed by atoms with E-state index >= 15 is 0 Å². The third kappa shape index (κ3) is 6.47. The average Bonchev–Trinajstić information content (AvgIpc) is 3.37. The largest absolute Gasteiger partial charge is 0.0943 e. The Balaban J connectivity index is 1.66. The molecule has 0 bridgehead atoms. The van der Waals surface area contributed by atoms with Crippen LogP contribution in [0.4, 0.5) is 0 Å². The van der Waals surface area contributed by atoms with E-state index in [9.17, 15) is 0 Å². The Morgan fingerprint density at radius 3 is 1.85 bits per heavy atom. The highest BCUT2D eigenvalue weighted by Crippen LogP contribution is 2.55. The predicted octanol–water partition coefficient (Wildman–Crippen LogP) is 12.3. The molecule has 0 amide bonds. The zero-order valence-corrected chi connectivity index (χ0v) is 26.1. The summed E-state index contributed by atoms with van der Waals surface area (Å²) in [5.41, 5.74) is 12.1. The topological polar surface area (TPSA) is 0 Å². The second-order valence-corrected chi connectivity index (χ2v) is 13.3. The summed E-state index contributed by atoms with van der Waals surface area (Å²) in [5.74, 6) is 0. The Bertz CT molecular complexity index is 1120. The van der Waals surface area contributed by atoms with Crippen LogP contribution in [0.25, 0.3) is 16.7 Å². The van der Waals surface area contributed by atoms with Gasteiger partial charge in [0.2, 0.25) is 0 Å². The van der Waals surface area contributed by atoms with Gasteiger partial charge in [-0.2, -0.15) is 0 Å². The van der Waals surface area contributed by atoms with E-state index in [0.29, 0.717) is 0 Å². The van der Waals surface area contributed by atoms with Crippen molar-refractivity contribution in [2.75, 3.05) is 0 Å². The molecule has 0 spiro atoms. The van der Waals surface area contributed by atoms with Crippen LogP contribution < -0.4 is 0 Å². The van der Waals surface area contributed by atoms with Crippen LogP contribution >= 0.6 is 0 Å². The highest BCUT2D eigenvalue weighted by Gasteiger charge is 2.43. The zero-order chi connectivity index (χ0) is 27.9. The number of fused-ring (bicyclic) bond motifs is 2. The maximum Gasteiger partial charge on any atom is 0.0209 e. The molecule has 2 aliphatic rings. The van der Waals surface area contributed by atoms with Crippen LogP contribution in [-0.2, 0) is 17.3 Å². The molecule has 0 nitrogen and oxygen atoms in total. The third-order valence-corrected chi connectivity index (χ3v) is 10.1. The third-order valence-electron chi connectivity index (χ3n) is 10.1. The van der Waals surface area contributed by atoms with Gasteiger partial charge in [-0.05, 0) is 88.6 Å². The van der Waals surface area contributed by atoms with Crippen molar-refractivity contribution in [3.63, 3.8) is 0 Å². The molecule has 2 aromatic carbocycles. The van der Waals surface area contributed by atoms with Crippen LogP contribution in [0, 0.1) is 0 Å². The quantitative estimate of drug-likeness (QED) is 0.203. The Kier molecular flexibility index (Phi) is 10.4. The molecule has 0 saturated carbocycles. The van der Waals surface area contributed by atoms with Crippen molar-refractivity contribution in [2.24, 2.45) is 0 Å². The summed E-state index contributed by atoms with van der Waals surface area (Å²) in [4.78, 5) is 0. The fourth-order valence-electron chi connectivity index (χ4n) is 7.56. The van der Waals surface area contributed by atoms with Gasteiger partial charge < -0.3 is 0 Å². The summed E-state index contributed by atoms with van der Waals surface area (Å²) in [6.07, 6.45) is 23.6. The molecule has 2 aliphatic carbocycles. The lowest BCUT2D eigenvalue weighted by Gasteiger charge is -2.33. The van der Waals surface area contributed by atoms with Crippen molar-refractivity contribution in [3.05, 3.63) is 76.9 Å². The molecule has 4 rings (SSSR count). The van der Waals surface area contributed by atoms with E-state index in [0.717, 1.165) is 0 Å². The normalized spacial score (nSPS) is 18.1. The lowest BCUT2D eigenvalue weighted by Crippen LogP contribution is -2.25. The molecule has 212 valence electrons. The van der Waals surface area contributed by atoms with E-state index < -0.39 is 0 Å². The second kappa shape index (κ2) is 13.5. The minimum absolute atomic E-state index is 0.0959. The fourth-order valence-corrected chi connectivity index (χ4v) is 7.56. The molecule has 0 atom stereocenters. The van der Waals surface area contributed by atoms with Gasteiger partial charge >= 0.3 is 0 Å². The molecule has 0 N–H and O–H groups in total. The van der Waals surface area contributed by atoms with Crippen LogP contribution in [0.2, 0.25) is 0 Å². The minimum Gasteiger partial charge on any atom is -0.0943 e. The van der Waals surface area contributed by atoms with Gasteiger partial charge in [-0.3, -0.25) is 0 Å². The standard InChI is InChI=1S/C39H56/c1-7-10-12-14-16-18-25-39(26-19-17-15-13-11-8-2)30(4)34(9-3)35-23-22-33(29-37(35)39)32-21-20-31-24-27-38(5,6)36(31)28-32/h9,20-23,28-29H,4,7-8,10-19,24-27H2,1-3,5-6H3/b34-9+. The lowest BCUT2D eigenvalue weighted by molar-refractivity contribution is 0.398. The van der Waals surface area contributed by atoms with Crippen molar-refractivity contribution in [1.82, 2.24) is 0 Å². The molecule has 0 aromatic heterocycles. The molecule has 0 fully saturated rings. The van der Waals surface area contributed by atoms with Crippen LogP contribution in [0.3, 0.4) is 0 Å². The summed E-state index contributed by atoms with van der Waals surface area (Å²) in [5, 5.41) is 0. The highest BCUT2D eigenvalue weighted by molar-refractivity contribution is 5.90. The number of allylic oxidation sites excluding steroid dienone is 3. The number of benzene rings is 2. The minimum atomic E-state index is 0.0959. The first-order chi connectivity index (χ1) is 18.9. The summed E-state index contributed by atoms with van der Waals surface area (Å²) in [7, 11) is 0. The van der Waals surface area contributed by atoms with E-state index in [-0.39, 0.29) is 10.8 Å². The van der Waals surface area contributed by atoms with E-state index in [4.69, 9.17) is 6.58 Å². The van der Waals surface area contributed by atoms with Gasteiger partial charge in [0.25, 0.3) is 0 Å². The van der Waals surface area contributed by atoms with Crippen molar-refractivity contribution >= 4 is 5.57 Å². The van der Waals surface area contributed by atoms with E-state index in [1.54, 1.807) is 16.7 Å². The molecule has 0 heterocycles. The SMILES string of the molecule is C=C1/C(=C\C)c2ccc(-c3ccc4c(c3)C(C)(C)CC4)cc2C1(CCCCCCCC)CCCCCCCC. The molecule has 39 heavy (non-hydrogen) atoms. The molecule has 0 aliphatic heterocycles. The maximum absolute atomic E-state index is 4.83. The number of aryl methyl sites for hydroxylation is 1. The van der Waals surface area contributed by atoms with Crippen LogP contribution in [0.5, 0.6) is 0 Å². The number of hydrogen-bond donors (Lipinski definition) is 0. The van der Waals surface area contributed by atoms with Gasteiger partial charge in [0.15, 0.2) is 0 Å². The summed E-state index contributed by atoms with van der Waals surface area (Å²) < 4.78 is 0. The summed E-state index contributed by atoms with van der Waals surface area (Å²) in [6, 6.07) is 14.7. The summed E-state index contributed by atoms with van der Waals surface area (Å²) in [6.45, 7) is 16.5. The van der Waals surface area contributed by atoms with Gasteiger partial charge in [0.05, 0.1) is 0 Å². The molecule has 0 heteroatoms. The van der Waals surface area contributed by atoms with Gasteiger partial charge in [0, 0.05) is 5.41 Å². The van der Waals surface area contributed by atoms with E-state index in [2.05, 4.69) is 77.1 Å². The van der Waals surface area contributed by atoms with Crippen LogP contribution in [-0.4, -0.2) is 0 Å². The smallest absolute Gasteiger partial charge is 0.0209 e. The number of rotatable bonds is 15. The molecule has 2 aromatic rings. The van der Waals surface area contributed by atoms with Crippen LogP contribution in [0.15, 0.2) is 54.6 Å².